The number of pyridine rings is 1. The molecule has 0 saturated heterocycles. The largest absolute Gasteiger partial charge is 0.397 e. The zero-order valence-corrected chi connectivity index (χ0v) is 8.53. The Labute approximate surface area is 83.7 Å². The molecule has 0 aromatic carbocycles. The van der Waals surface area contributed by atoms with Gasteiger partial charge in [0.25, 0.3) is 0 Å². The average Bonchev–Trinajstić information content (AvgIpc) is 2.20. The van der Waals surface area contributed by atoms with Crippen molar-refractivity contribution in [3.63, 3.8) is 0 Å². The number of likely N-dealkylation sites (N-methyl/N-ethyl adjacent to an activating group) is 1. The average molecular weight is 193 g/mol. The molecule has 0 unspecified atom stereocenters. The number of nitrogens with zero attached hydrogens (tertiary/aromatic N) is 2. The van der Waals surface area contributed by atoms with Crippen LogP contribution in [0.15, 0.2) is 18.3 Å². The molecule has 4 heteroatoms. The highest BCUT2D eigenvalue weighted by Crippen LogP contribution is 2.03. The van der Waals surface area contributed by atoms with Crippen LogP contribution < -0.4 is 5.73 Å². The lowest BCUT2D eigenvalue weighted by molar-refractivity contribution is -0.129. The van der Waals surface area contributed by atoms with Gasteiger partial charge in [-0.15, -0.1) is 0 Å². The van der Waals surface area contributed by atoms with E-state index in [0.29, 0.717) is 18.7 Å². The summed E-state index contributed by atoms with van der Waals surface area (Å²) in [7, 11) is 1.78. The van der Waals surface area contributed by atoms with Crippen LogP contribution in [0, 0.1) is 0 Å². The highest BCUT2D eigenvalue weighted by atomic mass is 16.2. The lowest BCUT2D eigenvalue weighted by atomic mass is 10.2. The Kier molecular flexibility index (Phi) is 3.45. The zero-order valence-electron chi connectivity index (χ0n) is 8.53. The molecule has 0 atom stereocenters. The Morgan fingerprint density at radius 3 is 2.79 bits per heavy atom. The normalized spacial score (nSPS) is 9.86. The van der Waals surface area contributed by atoms with Crippen molar-refractivity contribution in [3.8, 4) is 0 Å². The third kappa shape index (κ3) is 2.73. The smallest absolute Gasteiger partial charge is 0.228 e. The van der Waals surface area contributed by atoms with Crippen LogP contribution in [0.4, 0.5) is 5.69 Å². The Morgan fingerprint density at radius 2 is 2.29 bits per heavy atom. The summed E-state index contributed by atoms with van der Waals surface area (Å²) in [5, 5.41) is 0. The summed E-state index contributed by atoms with van der Waals surface area (Å²) in [5.41, 5.74) is 6.86. The molecule has 76 valence electrons. The van der Waals surface area contributed by atoms with E-state index in [-0.39, 0.29) is 5.91 Å². The molecule has 0 aliphatic carbocycles. The van der Waals surface area contributed by atoms with Gasteiger partial charge in [-0.3, -0.25) is 9.78 Å². The van der Waals surface area contributed by atoms with E-state index in [4.69, 9.17) is 5.73 Å². The second-order valence-electron chi connectivity index (χ2n) is 3.17. The lowest BCUT2D eigenvalue weighted by Gasteiger charge is -2.13. The number of carbonyl (C=O) groups is 1. The SMILES string of the molecule is CCN(C)C(=O)Cc1ccc(N)cn1. The monoisotopic (exact) mass is 193 g/mol. The molecular weight excluding hydrogens is 178 g/mol. The van der Waals surface area contributed by atoms with Crippen LogP contribution in [0.3, 0.4) is 0 Å². The van der Waals surface area contributed by atoms with Gasteiger partial charge in [0.1, 0.15) is 0 Å². The van der Waals surface area contributed by atoms with Gasteiger partial charge in [-0.25, -0.2) is 0 Å². The van der Waals surface area contributed by atoms with Crippen molar-refractivity contribution in [2.45, 2.75) is 13.3 Å². The fourth-order valence-corrected chi connectivity index (χ4v) is 1.01. The number of anilines is 1. The minimum atomic E-state index is 0.0739. The molecule has 0 saturated carbocycles. The van der Waals surface area contributed by atoms with E-state index in [2.05, 4.69) is 4.98 Å². The maximum Gasteiger partial charge on any atom is 0.228 e. The van der Waals surface area contributed by atoms with Crippen LogP contribution in [0.25, 0.3) is 0 Å². The van der Waals surface area contributed by atoms with Gasteiger partial charge in [-0.1, -0.05) is 0 Å². The predicted octanol–water partition coefficient (Wildman–Crippen LogP) is 0.685. The number of nitrogen functional groups attached to an aromatic ring is 1. The fourth-order valence-electron chi connectivity index (χ4n) is 1.01. The standard InChI is InChI=1S/C10H15N3O/c1-3-13(2)10(14)6-9-5-4-8(11)7-12-9/h4-5,7H,3,6,11H2,1-2H3. The van der Waals surface area contributed by atoms with Crippen LogP contribution >= 0.6 is 0 Å². The number of nitrogens with two attached hydrogens (primary N) is 1. The first kappa shape index (κ1) is 10.5. The second kappa shape index (κ2) is 4.60. The highest BCUT2D eigenvalue weighted by Gasteiger charge is 2.07. The van der Waals surface area contributed by atoms with Crippen LogP contribution in [-0.4, -0.2) is 29.4 Å². The van der Waals surface area contributed by atoms with E-state index in [0.717, 1.165) is 5.69 Å². The molecule has 0 spiro atoms. The van der Waals surface area contributed by atoms with Crippen LogP contribution in [-0.2, 0) is 11.2 Å². The van der Waals surface area contributed by atoms with E-state index in [1.165, 1.54) is 0 Å². The molecule has 1 rings (SSSR count). The van der Waals surface area contributed by atoms with Gasteiger partial charge >= 0.3 is 0 Å². The van der Waals surface area contributed by atoms with Gasteiger partial charge in [0.15, 0.2) is 0 Å². The van der Waals surface area contributed by atoms with Crippen molar-refractivity contribution in [2.75, 3.05) is 19.3 Å². The molecule has 2 N–H and O–H groups in total. The minimum absolute atomic E-state index is 0.0739. The highest BCUT2D eigenvalue weighted by molar-refractivity contribution is 5.78. The van der Waals surface area contributed by atoms with E-state index >= 15 is 0 Å². The molecule has 1 aromatic rings. The van der Waals surface area contributed by atoms with Crippen molar-refractivity contribution < 1.29 is 4.79 Å². The summed E-state index contributed by atoms with van der Waals surface area (Å²) in [6, 6.07) is 3.53. The van der Waals surface area contributed by atoms with Crippen LogP contribution in [0.2, 0.25) is 0 Å². The van der Waals surface area contributed by atoms with E-state index < -0.39 is 0 Å². The molecule has 1 amide bonds. The summed E-state index contributed by atoms with van der Waals surface area (Å²) in [6.45, 7) is 2.65. The van der Waals surface area contributed by atoms with Crippen LogP contribution in [0.5, 0.6) is 0 Å². The summed E-state index contributed by atoms with van der Waals surface area (Å²) in [6.07, 6.45) is 1.90. The summed E-state index contributed by atoms with van der Waals surface area (Å²) < 4.78 is 0. The Morgan fingerprint density at radius 1 is 1.57 bits per heavy atom. The fraction of sp³-hybridized carbons (Fsp3) is 0.400. The quantitative estimate of drug-likeness (QED) is 0.768. The Hall–Kier alpha value is -1.58. The first-order valence-electron chi connectivity index (χ1n) is 4.58. The summed E-state index contributed by atoms with van der Waals surface area (Å²) >= 11 is 0. The molecule has 1 aromatic heterocycles. The number of hydrogen-bond acceptors (Lipinski definition) is 3. The van der Waals surface area contributed by atoms with Gasteiger partial charge in [0.2, 0.25) is 5.91 Å². The number of amides is 1. The lowest BCUT2D eigenvalue weighted by Crippen LogP contribution is -2.28. The second-order valence-corrected chi connectivity index (χ2v) is 3.17. The van der Waals surface area contributed by atoms with Gasteiger partial charge < -0.3 is 10.6 Å². The van der Waals surface area contributed by atoms with Gasteiger partial charge in [0.05, 0.1) is 18.3 Å². The van der Waals surface area contributed by atoms with Crippen molar-refractivity contribution in [1.82, 2.24) is 9.88 Å². The van der Waals surface area contributed by atoms with Gasteiger partial charge in [-0.2, -0.15) is 0 Å². The third-order valence-corrected chi connectivity index (χ3v) is 2.08. The molecule has 0 radical (unpaired) electrons. The van der Waals surface area contributed by atoms with E-state index in [9.17, 15) is 4.79 Å². The first-order valence-corrected chi connectivity index (χ1v) is 4.58. The predicted molar refractivity (Wildman–Crippen MR) is 55.7 cm³/mol. The molecule has 4 nitrogen and oxygen atoms in total. The van der Waals surface area contributed by atoms with Gasteiger partial charge in [-0.05, 0) is 19.1 Å². The molecular formula is C10H15N3O. The number of carbonyl (C=O) groups excluding carboxylic acids is 1. The van der Waals surface area contributed by atoms with E-state index in [1.54, 1.807) is 30.3 Å². The molecule has 1 heterocycles. The topological polar surface area (TPSA) is 59.2 Å². The number of rotatable bonds is 3. The Balaban J connectivity index is 2.60. The number of aromatic nitrogens is 1. The van der Waals surface area contributed by atoms with E-state index in [1.807, 2.05) is 6.92 Å². The van der Waals surface area contributed by atoms with Crippen molar-refractivity contribution in [2.24, 2.45) is 0 Å². The van der Waals surface area contributed by atoms with Crippen molar-refractivity contribution in [3.05, 3.63) is 24.0 Å². The first-order chi connectivity index (χ1) is 6.63. The third-order valence-electron chi connectivity index (χ3n) is 2.08. The summed E-state index contributed by atoms with van der Waals surface area (Å²) in [5.74, 6) is 0.0739. The van der Waals surface area contributed by atoms with Crippen LogP contribution in [0.1, 0.15) is 12.6 Å². The molecule has 0 aliphatic heterocycles. The number of hydrogen-bond donors (Lipinski definition) is 1. The van der Waals surface area contributed by atoms with Crippen molar-refractivity contribution in [1.29, 1.82) is 0 Å². The Bertz CT molecular complexity index is 308. The maximum atomic E-state index is 11.5. The van der Waals surface area contributed by atoms with Gasteiger partial charge in [0, 0.05) is 19.3 Å². The minimum Gasteiger partial charge on any atom is -0.397 e. The molecule has 0 bridgehead atoms. The summed E-state index contributed by atoms with van der Waals surface area (Å²) in [4.78, 5) is 17.2. The molecule has 14 heavy (non-hydrogen) atoms. The van der Waals surface area contributed by atoms with Crippen molar-refractivity contribution >= 4 is 11.6 Å². The zero-order chi connectivity index (χ0) is 10.6. The molecule has 0 fully saturated rings. The molecule has 0 aliphatic rings. The maximum absolute atomic E-state index is 11.5.